The van der Waals surface area contributed by atoms with Gasteiger partial charge in [-0.1, -0.05) is 30.7 Å². The first-order chi connectivity index (χ1) is 7.22. The van der Waals surface area contributed by atoms with Crippen molar-refractivity contribution in [1.29, 1.82) is 0 Å². The number of hydrogen-bond donors (Lipinski definition) is 0. The van der Waals surface area contributed by atoms with E-state index in [4.69, 9.17) is 0 Å². The van der Waals surface area contributed by atoms with E-state index in [0.29, 0.717) is 0 Å². The SMILES string of the molecule is CCc1ccc2c(c1)C(=C(C)C)CCC2. The topological polar surface area (TPSA) is 0 Å². The molecule has 0 saturated carbocycles. The first-order valence-electron chi connectivity index (χ1n) is 6.01. The minimum atomic E-state index is 1.14. The van der Waals surface area contributed by atoms with Crippen molar-refractivity contribution in [2.45, 2.75) is 46.5 Å². The van der Waals surface area contributed by atoms with Crippen molar-refractivity contribution in [2.24, 2.45) is 0 Å². The van der Waals surface area contributed by atoms with Gasteiger partial charge in [0.1, 0.15) is 0 Å². The Morgan fingerprint density at radius 1 is 1.20 bits per heavy atom. The van der Waals surface area contributed by atoms with Gasteiger partial charge in [-0.25, -0.2) is 0 Å². The fraction of sp³-hybridized carbons (Fsp3) is 0.467. The first-order valence-corrected chi connectivity index (χ1v) is 6.01. The molecule has 0 heteroatoms. The number of benzene rings is 1. The zero-order valence-electron chi connectivity index (χ0n) is 10.1. The van der Waals surface area contributed by atoms with Gasteiger partial charge in [0.15, 0.2) is 0 Å². The van der Waals surface area contributed by atoms with E-state index in [1.54, 1.807) is 11.1 Å². The molecule has 1 aromatic carbocycles. The zero-order valence-corrected chi connectivity index (χ0v) is 10.1. The Morgan fingerprint density at radius 3 is 2.67 bits per heavy atom. The molecular formula is C15H20. The Labute approximate surface area is 93.0 Å². The molecule has 0 bridgehead atoms. The maximum Gasteiger partial charge on any atom is -0.0190 e. The fourth-order valence-electron chi connectivity index (χ4n) is 2.45. The van der Waals surface area contributed by atoms with Crippen LogP contribution >= 0.6 is 0 Å². The largest absolute Gasteiger partial charge is 0.0726 e. The van der Waals surface area contributed by atoms with Crippen LogP contribution in [0.4, 0.5) is 0 Å². The highest BCUT2D eigenvalue weighted by atomic mass is 14.2. The van der Waals surface area contributed by atoms with Crippen LogP contribution in [0.2, 0.25) is 0 Å². The molecule has 1 aromatic rings. The van der Waals surface area contributed by atoms with Crippen LogP contribution in [0.1, 0.15) is 50.3 Å². The molecule has 0 aromatic heterocycles. The van der Waals surface area contributed by atoms with Gasteiger partial charge in [-0.05, 0) is 61.8 Å². The predicted molar refractivity (Wildman–Crippen MR) is 67.0 cm³/mol. The summed E-state index contributed by atoms with van der Waals surface area (Å²) >= 11 is 0. The van der Waals surface area contributed by atoms with Crippen LogP contribution in [0.3, 0.4) is 0 Å². The molecule has 80 valence electrons. The van der Waals surface area contributed by atoms with Gasteiger partial charge >= 0.3 is 0 Å². The van der Waals surface area contributed by atoms with Crippen molar-refractivity contribution in [3.63, 3.8) is 0 Å². The number of rotatable bonds is 1. The van der Waals surface area contributed by atoms with Crippen LogP contribution in [0.5, 0.6) is 0 Å². The molecular weight excluding hydrogens is 180 g/mol. The van der Waals surface area contributed by atoms with Crippen LogP contribution in [0, 0.1) is 0 Å². The van der Waals surface area contributed by atoms with E-state index >= 15 is 0 Å². The molecule has 0 amide bonds. The van der Waals surface area contributed by atoms with Crippen molar-refractivity contribution < 1.29 is 0 Å². The molecule has 2 rings (SSSR count). The zero-order chi connectivity index (χ0) is 10.8. The standard InChI is InChI=1S/C15H20/c1-4-12-8-9-13-6-5-7-14(11(2)3)15(13)10-12/h8-10H,4-7H2,1-3H3. The summed E-state index contributed by atoms with van der Waals surface area (Å²) in [6, 6.07) is 7.01. The molecule has 0 saturated heterocycles. The van der Waals surface area contributed by atoms with Gasteiger partial charge in [-0.15, -0.1) is 0 Å². The fourth-order valence-corrected chi connectivity index (χ4v) is 2.45. The van der Waals surface area contributed by atoms with E-state index in [0.717, 1.165) is 6.42 Å². The van der Waals surface area contributed by atoms with Gasteiger partial charge in [-0.3, -0.25) is 0 Å². The van der Waals surface area contributed by atoms with E-state index in [1.807, 2.05) is 0 Å². The van der Waals surface area contributed by atoms with Crippen LogP contribution in [0.15, 0.2) is 23.8 Å². The third-order valence-electron chi connectivity index (χ3n) is 3.38. The smallest absolute Gasteiger partial charge is 0.0190 e. The lowest BCUT2D eigenvalue weighted by Gasteiger charge is -2.21. The van der Waals surface area contributed by atoms with Crippen molar-refractivity contribution >= 4 is 5.57 Å². The monoisotopic (exact) mass is 200 g/mol. The average Bonchev–Trinajstić information content (AvgIpc) is 2.27. The Morgan fingerprint density at radius 2 is 2.00 bits per heavy atom. The van der Waals surface area contributed by atoms with E-state index < -0.39 is 0 Å². The Kier molecular flexibility index (Phi) is 2.95. The quantitative estimate of drug-likeness (QED) is 0.631. The number of fused-ring (bicyclic) bond motifs is 1. The molecule has 0 aliphatic heterocycles. The van der Waals surface area contributed by atoms with Crippen molar-refractivity contribution in [2.75, 3.05) is 0 Å². The minimum absolute atomic E-state index is 1.14. The molecule has 0 N–H and O–H groups in total. The molecule has 0 fully saturated rings. The normalized spacial score (nSPS) is 15.0. The van der Waals surface area contributed by atoms with Crippen LogP contribution in [-0.2, 0) is 12.8 Å². The number of allylic oxidation sites excluding steroid dienone is 2. The molecule has 1 aliphatic carbocycles. The van der Waals surface area contributed by atoms with E-state index in [1.165, 1.54) is 36.0 Å². The van der Waals surface area contributed by atoms with Gasteiger partial charge in [0.2, 0.25) is 0 Å². The second-order valence-corrected chi connectivity index (χ2v) is 4.68. The second kappa shape index (κ2) is 4.22. The molecule has 1 aliphatic rings. The molecule has 0 heterocycles. The van der Waals surface area contributed by atoms with E-state index in [2.05, 4.69) is 39.0 Å². The summed E-state index contributed by atoms with van der Waals surface area (Å²) in [6.07, 6.45) is 4.99. The molecule has 0 spiro atoms. The summed E-state index contributed by atoms with van der Waals surface area (Å²) in [6.45, 7) is 6.71. The number of hydrogen-bond acceptors (Lipinski definition) is 0. The van der Waals surface area contributed by atoms with Crippen molar-refractivity contribution in [3.8, 4) is 0 Å². The lowest BCUT2D eigenvalue weighted by Crippen LogP contribution is -2.03. The van der Waals surface area contributed by atoms with E-state index in [9.17, 15) is 0 Å². The van der Waals surface area contributed by atoms with Gasteiger partial charge in [0.05, 0.1) is 0 Å². The molecule has 0 radical (unpaired) electrons. The highest BCUT2D eigenvalue weighted by molar-refractivity contribution is 5.72. The molecule has 0 atom stereocenters. The summed E-state index contributed by atoms with van der Waals surface area (Å²) in [4.78, 5) is 0. The number of aryl methyl sites for hydroxylation is 2. The third kappa shape index (κ3) is 1.99. The lowest BCUT2D eigenvalue weighted by atomic mass is 9.84. The van der Waals surface area contributed by atoms with Crippen LogP contribution in [0.25, 0.3) is 5.57 Å². The molecule has 15 heavy (non-hydrogen) atoms. The minimum Gasteiger partial charge on any atom is -0.0726 e. The van der Waals surface area contributed by atoms with Crippen molar-refractivity contribution in [1.82, 2.24) is 0 Å². The molecule has 0 nitrogen and oxygen atoms in total. The summed E-state index contributed by atoms with van der Waals surface area (Å²) in [5, 5.41) is 0. The summed E-state index contributed by atoms with van der Waals surface area (Å²) in [5.74, 6) is 0. The van der Waals surface area contributed by atoms with Gasteiger partial charge < -0.3 is 0 Å². The third-order valence-corrected chi connectivity index (χ3v) is 3.38. The van der Waals surface area contributed by atoms with Crippen molar-refractivity contribution in [3.05, 3.63) is 40.5 Å². The maximum absolute atomic E-state index is 2.40. The highest BCUT2D eigenvalue weighted by Crippen LogP contribution is 2.33. The summed E-state index contributed by atoms with van der Waals surface area (Å²) in [5.41, 5.74) is 7.63. The highest BCUT2D eigenvalue weighted by Gasteiger charge is 2.14. The Hall–Kier alpha value is -1.04. The second-order valence-electron chi connectivity index (χ2n) is 4.68. The Bertz CT molecular complexity index is 392. The van der Waals surface area contributed by atoms with Crippen LogP contribution < -0.4 is 0 Å². The summed E-state index contributed by atoms with van der Waals surface area (Å²) in [7, 11) is 0. The van der Waals surface area contributed by atoms with Gasteiger partial charge in [0.25, 0.3) is 0 Å². The Balaban J connectivity index is 2.54. The first kappa shape index (κ1) is 10.5. The maximum atomic E-state index is 2.40. The lowest BCUT2D eigenvalue weighted by molar-refractivity contribution is 0.816. The average molecular weight is 200 g/mol. The van der Waals surface area contributed by atoms with E-state index in [-0.39, 0.29) is 0 Å². The van der Waals surface area contributed by atoms with Gasteiger partial charge in [-0.2, -0.15) is 0 Å². The van der Waals surface area contributed by atoms with Crippen LogP contribution in [-0.4, -0.2) is 0 Å². The van der Waals surface area contributed by atoms with Gasteiger partial charge in [0, 0.05) is 0 Å². The summed E-state index contributed by atoms with van der Waals surface area (Å²) < 4.78 is 0. The predicted octanol–water partition coefficient (Wildman–Crippen LogP) is 4.38. The molecule has 0 unspecified atom stereocenters.